The monoisotopic (exact) mass is 279 g/mol. The molecule has 0 bridgehead atoms. The van der Waals surface area contributed by atoms with E-state index in [4.69, 9.17) is 16.9 Å². The average Bonchev–Trinajstić information content (AvgIpc) is 2.29. The van der Waals surface area contributed by atoms with Gasteiger partial charge in [0.25, 0.3) is 0 Å². The summed E-state index contributed by atoms with van der Waals surface area (Å²) in [6, 6.07) is 7.90. The zero-order valence-electron chi connectivity index (χ0n) is 12.1. The minimum atomic E-state index is 0.322. The predicted molar refractivity (Wildman–Crippen MR) is 81.6 cm³/mol. The highest BCUT2D eigenvalue weighted by molar-refractivity contribution is 6.30. The molecule has 0 spiro atoms. The van der Waals surface area contributed by atoms with Crippen LogP contribution in [0.4, 0.5) is 5.69 Å². The molecule has 0 radical (unpaired) electrons. The first-order chi connectivity index (χ1) is 8.92. The quantitative estimate of drug-likeness (QED) is 0.865. The first kappa shape index (κ1) is 15.8. The fourth-order valence-electron chi connectivity index (χ4n) is 2.14. The van der Waals surface area contributed by atoms with Crippen molar-refractivity contribution in [2.45, 2.75) is 26.3 Å². The molecule has 1 rings (SSSR count). The molecule has 1 atom stereocenters. The van der Waals surface area contributed by atoms with Gasteiger partial charge in [-0.25, -0.2) is 0 Å². The van der Waals surface area contributed by atoms with Crippen LogP contribution in [-0.2, 0) is 0 Å². The lowest BCUT2D eigenvalue weighted by atomic mass is 10.0. The van der Waals surface area contributed by atoms with E-state index in [2.05, 4.69) is 44.2 Å². The Balaban J connectivity index is 2.86. The molecule has 0 aliphatic carbocycles. The van der Waals surface area contributed by atoms with Crippen LogP contribution < -0.4 is 5.32 Å². The van der Waals surface area contributed by atoms with E-state index in [1.165, 1.54) is 0 Å². The van der Waals surface area contributed by atoms with Crippen LogP contribution in [0, 0.1) is 17.2 Å². The summed E-state index contributed by atoms with van der Waals surface area (Å²) >= 11 is 5.91. The molecule has 0 amide bonds. The van der Waals surface area contributed by atoms with Crippen LogP contribution in [0.25, 0.3) is 0 Å². The molecule has 0 saturated carbocycles. The summed E-state index contributed by atoms with van der Waals surface area (Å²) in [6.07, 6.45) is 1.06. The standard InChI is InChI=1S/C15H22ClN3/c1-11(2)7-14(10-19(3)4)18-15-6-5-13(16)8-12(15)9-17/h5-6,8,11,14,18H,7,10H2,1-4H3. The summed E-state index contributed by atoms with van der Waals surface area (Å²) in [4.78, 5) is 2.15. The van der Waals surface area contributed by atoms with Gasteiger partial charge < -0.3 is 10.2 Å². The third kappa shape index (κ3) is 5.50. The second kappa shape index (κ2) is 7.37. The fraction of sp³-hybridized carbons (Fsp3) is 0.533. The molecule has 1 unspecified atom stereocenters. The topological polar surface area (TPSA) is 39.1 Å². The van der Waals surface area contributed by atoms with Crippen molar-refractivity contribution in [1.82, 2.24) is 4.90 Å². The van der Waals surface area contributed by atoms with E-state index in [0.29, 0.717) is 22.5 Å². The lowest BCUT2D eigenvalue weighted by Crippen LogP contribution is -2.33. The van der Waals surface area contributed by atoms with Gasteiger partial charge in [0.1, 0.15) is 6.07 Å². The van der Waals surface area contributed by atoms with E-state index in [1.54, 1.807) is 6.07 Å². The average molecular weight is 280 g/mol. The van der Waals surface area contributed by atoms with E-state index in [9.17, 15) is 0 Å². The first-order valence-corrected chi connectivity index (χ1v) is 6.91. The van der Waals surface area contributed by atoms with Crippen LogP contribution in [0.2, 0.25) is 5.02 Å². The lowest BCUT2D eigenvalue weighted by molar-refractivity contribution is 0.356. The summed E-state index contributed by atoms with van der Waals surface area (Å²) < 4.78 is 0. The first-order valence-electron chi connectivity index (χ1n) is 6.53. The molecule has 1 aromatic rings. The summed E-state index contributed by atoms with van der Waals surface area (Å²) in [7, 11) is 4.12. The molecular weight excluding hydrogens is 258 g/mol. The molecule has 0 aliphatic heterocycles. The van der Waals surface area contributed by atoms with Gasteiger partial charge in [-0.15, -0.1) is 0 Å². The van der Waals surface area contributed by atoms with E-state index >= 15 is 0 Å². The van der Waals surface area contributed by atoms with Gasteiger partial charge in [-0.1, -0.05) is 25.4 Å². The summed E-state index contributed by atoms with van der Waals surface area (Å²) in [5.74, 6) is 0.607. The number of halogens is 1. The van der Waals surface area contributed by atoms with Gasteiger partial charge >= 0.3 is 0 Å². The summed E-state index contributed by atoms with van der Waals surface area (Å²) in [6.45, 7) is 5.35. The Hall–Kier alpha value is -1.24. The van der Waals surface area contributed by atoms with Crippen LogP contribution in [0.3, 0.4) is 0 Å². The van der Waals surface area contributed by atoms with E-state index in [1.807, 2.05) is 12.1 Å². The highest BCUT2D eigenvalue weighted by atomic mass is 35.5. The number of anilines is 1. The molecule has 1 aromatic carbocycles. The van der Waals surface area contributed by atoms with Crippen LogP contribution >= 0.6 is 11.6 Å². The highest BCUT2D eigenvalue weighted by Crippen LogP contribution is 2.22. The molecule has 0 aliphatic rings. The maximum Gasteiger partial charge on any atom is 0.101 e. The van der Waals surface area contributed by atoms with Crippen molar-refractivity contribution < 1.29 is 0 Å². The van der Waals surface area contributed by atoms with Crippen molar-refractivity contribution in [2.24, 2.45) is 5.92 Å². The number of nitrogens with zero attached hydrogens (tertiary/aromatic N) is 2. The van der Waals surface area contributed by atoms with Gasteiger partial charge in [0, 0.05) is 17.6 Å². The minimum absolute atomic E-state index is 0.322. The van der Waals surface area contributed by atoms with Gasteiger partial charge in [0.2, 0.25) is 0 Å². The van der Waals surface area contributed by atoms with Gasteiger partial charge in [0.15, 0.2) is 0 Å². The molecule has 0 fully saturated rings. The fourth-order valence-corrected chi connectivity index (χ4v) is 2.32. The Morgan fingerprint density at radius 2 is 2.05 bits per heavy atom. The molecule has 104 valence electrons. The van der Waals surface area contributed by atoms with Crippen molar-refractivity contribution in [3.05, 3.63) is 28.8 Å². The molecule has 19 heavy (non-hydrogen) atoms. The van der Waals surface area contributed by atoms with Crippen LogP contribution in [0.1, 0.15) is 25.8 Å². The maximum atomic E-state index is 9.16. The normalized spacial score (nSPS) is 12.5. The van der Waals surface area contributed by atoms with Gasteiger partial charge in [-0.2, -0.15) is 5.26 Å². The van der Waals surface area contributed by atoms with Crippen molar-refractivity contribution in [2.75, 3.05) is 26.0 Å². The number of hydrogen-bond acceptors (Lipinski definition) is 3. The Labute approximate surface area is 121 Å². The van der Waals surface area contributed by atoms with Crippen molar-refractivity contribution >= 4 is 17.3 Å². The smallest absolute Gasteiger partial charge is 0.101 e. The van der Waals surface area contributed by atoms with Crippen molar-refractivity contribution in [3.8, 4) is 6.07 Å². The van der Waals surface area contributed by atoms with E-state index in [-0.39, 0.29) is 0 Å². The molecule has 4 heteroatoms. The number of nitriles is 1. The molecule has 0 saturated heterocycles. The van der Waals surface area contributed by atoms with Crippen molar-refractivity contribution in [3.63, 3.8) is 0 Å². The van der Waals surface area contributed by atoms with Crippen LogP contribution in [-0.4, -0.2) is 31.6 Å². The van der Waals surface area contributed by atoms with Gasteiger partial charge in [-0.05, 0) is 44.6 Å². The molecule has 0 aromatic heterocycles. The predicted octanol–water partition coefficient (Wildman–Crippen LogP) is 3.60. The number of nitrogens with one attached hydrogen (secondary N) is 1. The molecular formula is C15H22ClN3. The second-order valence-corrected chi connectivity index (χ2v) is 5.97. The third-order valence-electron chi connectivity index (χ3n) is 2.80. The Bertz CT molecular complexity index is 439. The number of benzene rings is 1. The Morgan fingerprint density at radius 1 is 1.37 bits per heavy atom. The van der Waals surface area contributed by atoms with Crippen LogP contribution in [0.15, 0.2) is 18.2 Å². The largest absolute Gasteiger partial charge is 0.380 e. The number of rotatable bonds is 6. The molecule has 3 nitrogen and oxygen atoms in total. The summed E-state index contributed by atoms with van der Waals surface area (Å²) in [5.41, 5.74) is 1.46. The van der Waals surface area contributed by atoms with Crippen LogP contribution in [0.5, 0.6) is 0 Å². The van der Waals surface area contributed by atoms with Crippen molar-refractivity contribution in [1.29, 1.82) is 5.26 Å². The zero-order chi connectivity index (χ0) is 14.4. The highest BCUT2D eigenvalue weighted by Gasteiger charge is 2.14. The minimum Gasteiger partial charge on any atom is -0.380 e. The lowest BCUT2D eigenvalue weighted by Gasteiger charge is -2.25. The maximum absolute atomic E-state index is 9.16. The Kier molecular flexibility index (Phi) is 6.14. The number of likely N-dealkylation sites (N-methyl/N-ethyl adjacent to an activating group) is 1. The van der Waals surface area contributed by atoms with E-state index in [0.717, 1.165) is 18.7 Å². The van der Waals surface area contributed by atoms with Gasteiger partial charge in [0.05, 0.1) is 11.3 Å². The summed E-state index contributed by atoms with van der Waals surface area (Å²) in [5, 5.41) is 13.2. The second-order valence-electron chi connectivity index (χ2n) is 5.53. The Morgan fingerprint density at radius 3 is 2.58 bits per heavy atom. The van der Waals surface area contributed by atoms with Gasteiger partial charge in [-0.3, -0.25) is 0 Å². The molecule has 1 N–H and O–H groups in total. The molecule has 0 heterocycles. The third-order valence-corrected chi connectivity index (χ3v) is 3.04. The van der Waals surface area contributed by atoms with E-state index < -0.39 is 0 Å². The number of hydrogen-bond donors (Lipinski definition) is 1. The SMILES string of the molecule is CC(C)CC(CN(C)C)Nc1ccc(Cl)cc1C#N. The zero-order valence-corrected chi connectivity index (χ0v) is 12.8.